The van der Waals surface area contributed by atoms with Gasteiger partial charge in [0.2, 0.25) is 0 Å². The molecule has 0 radical (unpaired) electrons. The normalized spacial score (nSPS) is 26.8. The summed E-state index contributed by atoms with van der Waals surface area (Å²) in [6, 6.07) is 13.7. The number of piperidine rings is 1. The van der Waals surface area contributed by atoms with E-state index in [1.165, 1.54) is 6.07 Å². The molecule has 1 N–H and O–H groups in total. The number of hydrogen-bond acceptors (Lipinski definition) is 4. The van der Waals surface area contributed by atoms with Gasteiger partial charge in [-0.3, -0.25) is 4.90 Å². The zero-order valence-electron chi connectivity index (χ0n) is 15.8. The first-order valence-corrected chi connectivity index (χ1v) is 9.52. The zero-order valence-corrected chi connectivity index (χ0v) is 15.8. The minimum absolute atomic E-state index is 0.206. The second kappa shape index (κ2) is 7.53. The molecule has 2 aromatic carbocycles. The molecule has 6 heteroatoms. The molecular formula is C22H24FNO4. The number of ether oxygens (including phenoxy) is 2. The van der Waals surface area contributed by atoms with Crippen molar-refractivity contribution in [1.82, 2.24) is 4.90 Å². The van der Waals surface area contributed by atoms with E-state index in [1.54, 1.807) is 24.0 Å². The third-order valence-corrected chi connectivity index (χ3v) is 5.67. The Morgan fingerprint density at radius 2 is 1.89 bits per heavy atom. The average Bonchev–Trinajstić information content (AvgIpc) is 2.68. The molecule has 5 nitrogen and oxygen atoms in total. The van der Waals surface area contributed by atoms with Crippen molar-refractivity contribution >= 4 is 6.09 Å². The number of aliphatic hydroxyl groups is 1. The van der Waals surface area contributed by atoms with Crippen LogP contribution in [0.4, 0.5) is 9.18 Å². The highest BCUT2D eigenvalue weighted by Gasteiger charge is 2.49. The molecule has 2 bridgehead atoms. The van der Waals surface area contributed by atoms with Crippen LogP contribution in [-0.4, -0.2) is 41.4 Å². The van der Waals surface area contributed by atoms with Gasteiger partial charge in [-0.2, -0.15) is 0 Å². The molecule has 0 spiro atoms. The molecule has 0 saturated carbocycles. The second-order valence-corrected chi connectivity index (χ2v) is 7.70. The van der Waals surface area contributed by atoms with Gasteiger partial charge in [0.1, 0.15) is 12.4 Å². The van der Waals surface area contributed by atoms with Crippen molar-refractivity contribution < 1.29 is 23.8 Å². The third-order valence-electron chi connectivity index (χ3n) is 5.67. The Morgan fingerprint density at radius 1 is 1.21 bits per heavy atom. The lowest BCUT2D eigenvalue weighted by atomic mass is 9.76. The molecule has 0 aliphatic carbocycles. The van der Waals surface area contributed by atoms with Crippen LogP contribution >= 0.6 is 0 Å². The van der Waals surface area contributed by atoms with E-state index >= 15 is 0 Å². The van der Waals surface area contributed by atoms with E-state index in [2.05, 4.69) is 0 Å². The summed E-state index contributed by atoms with van der Waals surface area (Å²) < 4.78 is 24.8. The summed E-state index contributed by atoms with van der Waals surface area (Å²) in [6.07, 6.45) is 0.267. The Balaban J connectivity index is 1.50. The van der Waals surface area contributed by atoms with Gasteiger partial charge in [0.25, 0.3) is 0 Å². The van der Waals surface area contributed by atoms with Crippen molar-refractivity contribution in [2.75, 3.05) is 13.2 Å². The van der Waals surface area contributed by atoms with Gasteiger partial charge in [-0.25, -0.2) is 9.18 Å². The molecule has 2 unspecified atom stereocenters. The second-order valence-electron chi connectivity index (χ2n) is 7.70. The smallest absolute Gasteiger partial charge is 0.410 e. The van der Waals surface area contributed by atoms with Crippen molar-refractivity contribution in [1.29, 1.82) is 0 Å². The number of amides is 1. The summed E-state index contributed by atoms with van der Waals surface area (Å²) in [6.45, 7) is 2.58. The van der Waals surface area contributed by atoms with E-state index in [0.717, 1.165) is 5.56 Å². The number of halogens is 1. The summed E-state index contributed by atoms with van der Waals surface area (Å²) >= 11 is 0. The van der Waals surface area contributed by atoms with Crippen LogP contribution in [0, 0.1) is 12.7 Å². The number of hydrogen-bond donors (Lipinski definition) is 1. The Morgan fingerprint density at radius 3 is 2.54 bits per heavy atom. The molecular weight excluding hydrogens is 361 g/mol. The van der Waals surface area contributed by atoms with Crippen LogP contribution < -0.4 is 0 Å². The van der Waals surface area contributed by atoms with Crippen molar-refractivity contribution in [3.05, 3.63) is 71.0 Å². The highest BCUT2D eigenvalue weighted by molar-refractivity contribution is 5.69. The first kappa shape index (κ1) is 18.9. The van der Waals surface area contributed by atoms with E-state index in [0.29, 0.717) is 37.2 Å². The lowest BCUT2D eigenvalue weighted by Gasteiger charge is -2.51. The van der Waals surface area contributed by atoms with E-state index in [1.807, 2.05) is 30.3 Å². The SMILES string of the molecule is Cc1cc(C2(O)CC3COCC(C2)N3C(=O)OCc2ccccc2)ccc1F. The minimum atomic E-state index is -1.12. The number of nitrogens with zero attached hydrogens (tertiary/aromatic N) is 1. The summed E-state index contributed by atoms with van der Waals surface area (Å²) in [5, 5.41) is 11.3. The molecule has 2 fully saturated rings. The van der Waals surface area contributed by atoms with Crippen LogP contribution in [0.3, 0.4) is 0 Å². The largest absolute Gasteiger partial charge is 0.445 e. The molecule has 2 aliphatic rings. The van der Waals surface area contributed by atoms with Gasteiger partial charge in [0, 0.05) is 12.8 Å². The molecule has 2 atom stereocenters. The van der Waals surface area contributed by atoms with Gasteiger partial charge < -0.3 is 14.6 Å². The molecule has 4 rings (SSSR count). The lowest BCUT2D eigenvalue weighted by Crippen LogP contribution is -2.62. The first-order valence-electron chi connectivity index (χ1n) is 9.52. The van der Waals surface area contributed by atoms with Gasteiger partial charge in [-0.05, 0) is 29.7 Å². The van der Waals surface area contributed by atoms with E-state index < -0.39 is 5.60 Å². The minimum Gasteiger partial charge on any atom is -0.445 e. The fraction of sp³-hybridized carbons (Fsp3) is 0.409. The topological polar surface area (TPSA) is 59.0 Å². The first-order chi connectivity index (χ1) is 13.5. The number of benzene rings is 2. The maximum absolute atomic E-state index is 13.6. The Bertz CT molecular complexity index is 843. The zero-order chi connectivity index (χ0) is 19.7. The van der Waals surface area contributed by atoms with Crippen LogP contribution in [0.1, 0.15) is 29.5 Å². The number of fused-ring (bicyclic) bond motifs is 2. The van der Waals surface area contributed by atoms with Crippen molar-refractivity contribution in [2.45, 2.75) is 44.1 Å². The van der Waals surface area contributed by atoms with E-state index in [4.69, 9.17) is 9.47 Å². The van der Waals surface area contributed by atoms with Crippen molar-refractivity contribution in [3.63, 3.8) is 0 Å². The van der Waals surface area contributed by atoms with E-state index in [9.17, 15) is 14.3 Å². The summed E-state index contributed by atoms with van der Waals surface area (Å²) in [7, 11) is 0. The van der Waals surface area contributed by atoms with Crippen molar-refractivity contribution in [3.8, 4) is 0 Å². The Hall–Kier alpha value is -2.44. The molecule has 2 aromatic rings. The van der Waals surface area contributed by atoms with Crippen LogP contribution in [0.25, 0.3) is 0 Å². The highest BCUT2D eigenvalue weighted by Crippen LogP contribution is 2.41. The Kier molecular flexibility index (Phi) is 5.08. The van der Waals surface area contributed by atoms with Crippen LogP contribution in [-0.2, 0) is 21.7 Å². The van der Waals surface area contributed by atoms with Crippen molar-refractivity contribution in [2.24, 2.45) is 0 Å². The van der Waals surface area contributed by atoms with E-state index in [-0.39, 0.29) is 30.6 Å². The van der Waals surface area contributed by atoms with Crippen LogP contribution in [0.15, 0.2) is 48.5 Å². The van der Waals surface area contributed by atoms with Gasteiger partial charge in [0.05, 0.1) is 30.9 Å². The summed E-state index contributed by atoms with van der Waals surface area (Å²) in [5.74, 6) is -0.294. The van der Waals surface area contributed by atoms with Gasteiger partial charge in [-0.15, -0.1) is 0 Å². The molecule has 2 saturated heterocycles. The Labute approximate surface area is 163 Å². The highest BCUT2D eigenvalue weighted by atomic mass is 19.1. The monoisotopic (exact) mass is 385 g/mol. The van der Waals surface area contributed by atoms with Gasteiger partial charge in [0.15, 0.2) is 0 Å². The summed E-state index contributed by atoms with van der Waals surface area (Å²) in [5.41, 5.74) is 0.985. The predicted molar refractivity (Wildman–Crippen MR) is 101 cm³/mol. The van der Waals surface area contributed by atoms with Crippen LogP contribution in [0.2, 0.25) is 0 Å². The molecule has 28 heavy (non-hydrogen) atoms. The molecule has 2 heterocycles. The maximum atomic E-state index is 13.6. The number of aryl methyl sites for hydroxylation is 1. The van der Waals surface area contributed by atoms with Gasteiger partial charge in [-0.1, -0.05) is 42.5 Å². The summed E-state index contributed by atoms with van der Waals surface area (Å²) in [4.78, 5) is 14.5. The number of rotatable bonds is 3. The molecule has 2 aliphatic heterocycles. The quantitative estimate of drug-likeness (QED) is 0.878. The molecule has 1 amide bonds. The molecule has 0 aromatic heterocycles. The third kappa shape index (κ3) is 3.62. The number of morpholine rings is 1. The fourth-order valence-electron chi connectivity index (χ4n) is 4.24. The predicted octanol–water partition coefficient (Wildman–Crippen LogP) is 3.52. The average molecular weight is 385 g/mol. The maximum Gasteiger partial charge on any atom is 0.410 e. The molecule has 148 valence electrons. The van der Waals surface area contributed by atoms with Gasteiger partial charge >= 0.3 is 6.09 Å². The number of carbonyl (C=O) groups is 1. The number of carbonyl (C=O) groups excluding carboxylic acids is 1. The standard InChI is InChI=1S/C22H24FNO4/c1-15-9-17(7-8-20(15)23)22(26)10-18-13-27-14-19(11-22)24(18)21(25)28-12-16-5-3-2-4-6-16/h2-9,18-19,26H,10-14H2,1H3. The fourth-order valence-corrected chi connectivity index (χ4v) is 4.24. The lowest BCUT2D eigenvalue weighted by molar-refractivity contribution is -0.137. The van der Waals surface area contributed by atoms with Crippen LogP contribution in [0.5, 0.6) is 0 Å².